The summed E-state index contributed by atoms with van der Waals surface area (Å²) < 4.78 is 0. The van der Waals surface area contributed by atoms with Gasteiger partial charge < -0.3 is 4.90 Å². The van der Waals surface area contributed by atoms with Gasteiger partial charge in [-0.25, -0.2) is 10.8 Å². The lowest BCUT2D eigenvalue weighted by Crippen LogP contribution is -2.52. The van der Waals surface area contributed by atoms with E-state index in [0.717, 1.165) is 18.4 Å². The Balaban J connectivity index is 2.01. The zero-order valence-electron chi connectivity index (χ0n) is 11.2. The van der Waals surface area contributed by atoms with Gasteiger partial charge in [0.1, 0.15) is 0 Å². The molecule has 3 N–H and O–H groups in total. The molecule has 0 aromatic rings. The monoisotopic (exact) mass is 238 g/mol. The maximum absolute atomic E-state index is 5.66. The van der Waals surface area contributed by atoms with Gasteiger partial charge >= 0.3 is 0 Å². The standard InChI is InChI=1S/C13H26N4/c1-10-7-8-17(11(2)9-10)13(16-14)15-12-5-3-4-6-12/h10-12H,3-9,14H2,1-2H3,(H,15,16). The van der Waals surface area contributed by atoms with Crippen molar-refractivity contribution in [3.63, 3.8) is 0 Å². The SMILES string of the molecule is CC1CCN(C(=NC2CCCC2)NN)C(C)C1. The van der Waals surface area contributed by atoms with E-state index in [0.29, 0.717) is 12.1 Å². The molecule has 0 aromatic carbocycles. The van der Waals surface area contributed by atoms with Gasteiger partial charge in [0.2, 0.25) is 5.96 Å². The third-order valence-corrected chi connectivity index (χ3v) is 4.17. The number of hydrazine groups is 1. The molecular weight excluding hydrogens is 212 g/mol. The maximum Gasteiger partial charge on any atom is 0.208 e. The summed E-state index contributed by atoms with van der Waals surface area (Å²) in [6, 6.07) is 1.04. The maximum atomic E-state index is 5.66. The molecule has 2 fully saturated rings. The van der Waals surface area contributed by atoms with Crippen LogP contribution in [0.2, 0.25) is 0 Å². The van der Waals surface area contributed by atoms with E-state index in [1.165, 1.54) is 38.5 Å². The highest BCUT2D eigenvalue weighted by Crippen LogP contribution is 2.24. The highest BCUT2D eigenvalue weighted by atomic mass is 15.4. The van der Waals surface area contributed by atoms with Gasteiger partial charge in [-0.3, -0.25) is 5.43 Å². The minimum atomic E-state index is 0.493. The van der Waals surface area contributed by atoms with E-state index in [1.54, 1.807) is 0 Å². The van der Waals surface area contributed by atoms with Gasteiger partial charge in [-0.05, 0) is 38.5 Å². The number of nitrogens with zero attached hydrogens (tertiary/aromatic N) is 2. The average molecular weight is 238 g/mol. The van der Waals surface area contributed by atoms with Crippen LogP contribution in [0.5, 0.6) is 0 Å². The molecule has 98 valence electrons. The van der Waals surface area contributed by atoms with Crippen LogP contribution in [0.15, 0.2) is 4.99 Å². The van der Waals surface area contributed by atoms with Crippen molar-refractivity contribution in [2.75, 3.05) is 6.54 Å². The number of piperidine rings is 1. The fourth-order valence-electron chi connectivity index (χ4n) is 3.12. The molecule has 1 aliphatic heterocycles. The van der Waals surface area contributed by atoms with Gasteiger partial charge in [-0.1, -0.05) is 19.8 Å². The Morgan fingerprint density at radius 3 is 2.53 bits per heavy atom. The van der Waals surface area contributed by atoms with E-state index >= 15 is 0 Å². The van der Waals surface area contributed by atoms with Crippen LogP contribution in [-0.4, -0.2) is 29.5 Å². The Labute approximate surface area is 105 Å². The summed E-state index contributed by atoms with van der Waals surface area (Å²) in [7, 11) is 0. The van der Waals surface area contributed by atoms with E-state index in [2.05, 4.69) is 24.2 Å². The zero-order chi connectivity index (χ0) is 12.3. The lowest BCUT2D eigenvalue weighted by molar-refractivity contribution is 0.203. The Morgan fingerprint density at radius 1 is 1.24 bits per heavy atom. The molecule has 0 spiro atoms. The number of likely N-dealkylation sites (tertiary alicyclic amines) is 1. The quantitative estimate of drug-likeness (QED) is 0.317. The third kappa shape index (κ3) is 3.12. The minimum absolute atomic E-state index is 0.493. The van der Waals surface area contributed by atoms with Gasteiger partial charge in [0.25, 0.3) is 0 Å². The lowest BCUT2D eigenvalue weighted by atomic mass is 9.94. The Morgan fingerprint density at radius 2 is 1.94 bits per heavy atom. The van der Waals surface area contributed by atoms with Crippen LogP contribution in [0.4, 0.5) is 0 Å². The van der Waals surface area contributed by atoms with Gasteiger partial charge in [-0.15, -0.1) is 0 Å². The second-order valence-corrected chi connectivity index (χ2v) is 5.71. The highest BCUT2D eigenvalue weighted by Gasteiger charge is 2.26. The first-order chi connectivity index (χ1) is 8.20. The molecule has 2 unspecified atom stereocenters. The first-order valence-corrected chi connectivity index (χ1v) is 7.01. The van der Waals surface area contributed by atoms with Crippen molar-refractivity contribution in [1.82, 2.24) is 10.3 Å². The van der Waals surface area contributed by atoms with E-state index in [9.17, 15) is 0 Å². The summed E-state index contributed by atoms with van der Waals surface area (Å²) in [6.45, 7) is 5.69. The third-order valence-electron chi connectivity index (χ3n) is 4.17. The molecule has 0 aromatic heterocycles. The van der Waals surface area contributed by atoms with Crippen molar-refractivity contribution in [1.29, 1.82) is 0 Å². The van der Waals surface area contributed by atoms with Crippen LogP contribution < -0.4 is 11.3 Å². The number of nitrogens with two attached hydrogens (primary N) is 1. The van der Waals surface area contributed by atoms with Crippen molar-refractivity contribution in [3.05, 3.63) is 0 Å². The first kappa shape index (κ1) is 12.7. The zero-order valence-corrected chi connectivity index (χ0v) is 11.2. The van der Waals surface area contributed by atoms with Crippen molar-refractivity contribution in [2.24, 2.45) is 16.8 Å². The minimum Gasteiger partial charge on any atom is -0.339 e. The molecular formula is C13H26N4. The fraction of sp³-hybridized carbons (Fsp3) is 0.923. The molecule has 0 radical (unpaired) electrons. The predicted octanol–water partition coefficient (Wildman–Crippen LogP) is 1.87. The summed E-state index contributed by atoms with van der Waals surface area (Å²) in [5, 5.41) is 0. The molecule has 1 heterocycles. The largest absolute Gasteiger partial charge is 0.339 e. The first-order valence-electron chi connectivity index (χ1n) is 7.01. The second-order valence-electron chi connectivity index (χ2n) is 5.71. The molecule has 2 aliphatic rings. The summed E-state index contributed by atoms with van der Waals surface area (Å²) in [6.07, 6.45) is 7.58. The Hall–Kier alpha value is -0.770. The van der Waals surface area contributed by atoms with Gasteiger partial charge in [-0.2, -0.15) is 0 Å². The molecule has 17 heavy (non-hydrogen) atoms. The smallest absolute Gasteiger partial charge is 0.208 e. The van der Waals surface area contributed by atoms with E-state index in [1.807, 2.05) is 0 Å². The van der Waals surface area contributed by atoms with E-state index in [-0.39, 0.29) is 0 Å². The fourth-order valence-corrected chi connectivity index (χ4v) is 3.12. The van der Waals surface area contributed by atoms with Gasteiger partial charge in [0, 0.05) is 12.6 Å². The summed E-state index contributed by atoms with van der Waals surface area (Å²) in [5.41, 5.74) is 2.82. The van der Waals surface area contributed by atoms with Crippen molar-refractivity contribution in [3.8, 4) is 0 Å². The lowest BCUT2D eigenvalue weighted by Gasteiger charge is -2.38. The van der Waals surface area contributed by atoms with E-state index in [4.69, 9.17) is 10.8 Å². The number of nitrogens with one attached hydrogen (secondary N) is 1. The molecule has 2 rings (SSSR count). The van der Waals surface area contributed by atoms with Crippen LogP contribution in [0.1, 0.15) is 52.4 Å². The number of hydrogen-bond donors (Lipinski definition) is 2. The van der Waals surface area contributed by atoms with E-state index < -0.39 is 0 Å². The number of rotatable bonds is 1. The topological polar surface area (TPSA) is 53.6 Å². The van der Waals surface area contributed by atoms with Gasteiger partial charge in [0.05, 0.1) is 6.04 Å². The number of hydrogen-bond acceptors (Lipinski definition) is 2. The molecule has 1 aliphatic carbocycles. The molecule has 1 saturated carbocycles. The van der Waals surface area contributed by atoms with Crippen LogP contribution in [-0.2, 0) is 0 Å². The molecule has 2 atom stereocenters. The van der Waals surface area contributed by atoms with Crippen molar-refractivity contribution >= 4 is 5.96 Å². The van der Waals surface area contributed by atoms with Crippen LogP contribution in [0.3, 0.4) is 0 Å². The highest BCUT2D eigenvalue weighted by molar-refractivity contribution is 5.80. The number of aliphatic imine (C=N–C) groups is 1. The van der Waals surface area contributed by atoms with Crippen LogP contribution in [0, 0.1) is 5.92 Å². The average Bonchev–Trinajstić information content (AvgIpc) is 2.79. The Bertz CT molecular complexity index is 271. The molecule has 0 bridgehead atoms. The second kappa shape index (κ2) is 5.71. The predicted molar refractivity (Wildman–Crippen MR) is 71.6 cm³/mol. The molecule has 0 amide bonds. The Kier molecular flexibility index (Phi) is 4.26. The van der Waals surface area contributed by atoms with Crippen molar-refractivity contribution in [2.45, 2.75) is 64.5 Å². The van der Waals surface area contributed by atoms with Crippen LogP contribution >= 0.6 is 0 Å². The van der Waals surface area contributed by atoms with Gasteiger partial charge in [0.15, 0.2) is 0 Å². The normalized spacial score (nSPS) is 31.9. The summed E-state index contributed by atoms with van der Waals surface area (Å²) in [5.74, 6) is 7.40. The van der Waals surface area contributed by atoms with Crippen molar-refractivity contribution < 1.29 is 0 Å². The molecule has 4 heteroatoms. The summed E-state index contributed by atoms with van der Waals surface area (Å²) >= 11 is 0. The van der Waals surface area contributed by atoms with Crippen LogP contribution in [0.25, 0.3) is 0 Å². The summed E-state index contributed by atoms with van der Waals surface area (Å²) in [4.78, 5) is 7.15. The molecule has 4 nitrogen and oxygen atoms in total. The molecule has 1 saturated heterocycles. The number of guanidine groups is 1.